The summed E-state index contributed by atoms with van der Waals surface area (Å²) in [5, 5.41) is 12.5. The van der Waals surface area contributed by atoms with E-state index in [1.807, 2.05) is 18.2 Å². The quantitative estimate of drug-likeness (QED) is 0.667. The molecule has 1 atom stereocenters. The first-order valence-electron chi connectivity index (χ1n) is 11.1. The molecule has 0 aromatic heterocycles. The fourth-order valence-corrected chi connectivity index (χ4v) is 4.74. The number of likely N-dealkylation sites (tertiary alicyclic amines) is 1. The highest BCUT2D eigenvalue weighted by Crippen LogP contribution is 2.34. The van der Waals surface area contributed by atoms with Gasteiger partial charge in [0.15, 0.2) is 0 Å². The Kier molecular flexibility index (Phi) is 6.50. The van der Waals surface area contributed by atoms with Crippen LogP contribution >= 0.6 is 0 Å². The Hall–Kier alpha value is -1.92. The molecule has 2 saturated carbocycles. The Morgan fingerprint density at radius 1 is 1.10 bits per heavy atom. The lowest BCUT2D eigenvalue weighted by Crippen LogP contribution is -2.58. The van der Waals surface area contributed by atoms with Crippen LogP contribution in [0.4, 0.5) is 0 Å². The van der Waals surface area contributed by atoms with Crippen LogP contribution in [0.2, 0.25) is 0 Å². The topological polar surface area (TPSA) is 72.9 Å². The van der Waals surface area contributed by atoms with Crippen LogP contribution in [-0.4, -0.2) is 64.5 Å². The van der Waals surface area contributed by atoms with Crippen molar-refractivity contribution in [1.29, 1.82) is 0 Å². The summed E-state index contributed by atoms with van der Waals surface area (Å²) in [7, 11) is 0. The van der Waals surface area contributed by atoms with Crippen molar-refractivity contribution in [2.45, 2.75) is 69.6 Å². The maximum Gasteiger partial charge on any atom is 0.317 e. The number of benzene rings is 1. The molecule has 0 bridgehead atoms. The normalized spacial score (nSPS) is 27.4. The van der Waals surface area contributed by atoms with Crippen LogP contribution in [0.15, 0.2) is 30.3 Å². The van der Waals surface area contributed by atoms with Crippen LogP contribution in [0.3, 0.4) is 0 Å². The van der Waals surface area contributed by atoms with Crippen molar-refractivity contribution in [3.8, 4) is 0 Å². The van der Waals surface area contributed by atoms with E-state index in [4.69, 9.17) is 0 Å². The highest BCUT2D eigenvalue weighted by molar-refractivity contribution is 5.82. The van der Waals surface area contributed by atoms with Gasteiger partial charge in [-0.2, -0.15) is 0 Å². The number of nitrogens with one attached hydrogen (secondary N) is 1. The number of nitrogens with zero attached hydrogens (tertiary/aromatic N) is 2. The van der Waals surface area contributed by atoms with Gasteiger partial charge in [-0.1, -0.05) is 36.8 Å². The second-order valence-corrected chi connectivity index (χ2v) is 9.06. The minimum absolute atomic E-state index is 0.0513. The van der Waals surface area contributed by atoms with E-state index in [0.717, 1.165) is 51.7 Å². The largest absolute Gasteiger partial charge is 0.480 e. The molecule has 158 valence electrons. The molecule has 1 aliphatic heterocycles. The highest BCUT2D eigenvalue weighted by Gasteiger charge is 2.39. The summed E-state index contributed by atoms with van der Waals surface area (Å²) >= 11 is 0. The Bertz CT molecular complexity index is 701. The zero-order valence-electron chi connectivity index (χ0n) is 17.1. The fraction of sp³-hybridized carbons (Fsp3) is 0.652. The summed E-state index contributed by atoms with van der Waals surface area (Å²) < 4.78 is 0. The lowest BCUT2D eigenvalue weighted by Gasteiger charge is -2.44. The first-order valence-corrected chi connectivity index (χ1v) is 11.1. The predicted octanol–water partition coefficient (Wildman–Crippen LogP) is 2.48. The van der Waals surface area contributed by atoms with E-state index in [-0.39, 0.29) is 24.5 Å². The third-order valence-electron chi connectivity index (χ3n) is 6.65. The van der Waals surface area contributed by atoms with Gasteiger partial charge in [-0.15, -0.1) is 0 Å². The van der Waals surface area contributed by atoms with Crippen molar-refractivity contribution >= 4 is 11.9 Å². The van der Waals surface area contributed by atoms with E-state index < -0.39 is 5.97 Å². The Balaban J connectivity index is 1.27. The number of amides is 1. The van der Waals surface area contributed by atoms with Gasteiger partial charge in [0.05, 0.1) is 12.6 Å². The molecule has 0 radical (unpaired) electrons. The van der Waals surface area contributed by atoms with Gasteiger partial charge in [0, 0.05) is 25.2 Å². The number of carbonyl (C=O) groups is 2. The molecule has 1 heterocycles. The summed E-state index contributed by atoms with van der Waals surface area (Å²) in [5.41, 5.74) is 1.25. The van der Waals surface area contributed by atoms with E-state index in [2.05, 4.69) is 27.2 Å². The minimum Gasteiger partial charge on any atom is -0.480 e. The van der Waals surface area contributed by atoms with Crippen LogP contribution in [0.5, 0.6) is 0 Å². The van der Waals surface area contributed by atoms with Gasteiger partial charge < -0.3 is 10.4 Å². The highest BCUT2D eigenvalue weighted by atomic mass is 16.4. The van der Waals surface area contributed by atoms with Crippen molar-refractivity contribution in [3.63, 3.8) is 0 Å². The van der Waals surface area contributed by atoms with Gasteiger partial charge in [-0.3, -0.25) is 19.4 Å². The molecule has 0 spiro atoms. The zero-order valence-corrected chi connectivity index (χ0v) is 17.1. The van der Waals surface area contributed by atoms with Gasteiger partial charge in [0.2, 0.25) is 5.91 Å². The molecule has 1 amide bonds. The Labute approximate surface area is 173 Å². The lowest BCUT2D eigenvalue weighted by atomic mass is 9.84. The second-order valence-electron chi connectivity index (χ2n) is 9.06. The van der Waals surface area contributed by atoms with Gasteiger partial charge in [0.25, 0.3) is 0 Å². The number of carbonyl (C=O) groups excluding carboxylic acids is 1. The molecule has 3 fully saturated rings. The van der Waals surface area contributed by atoms with E-state index in [0.29, 0.717) is 12.0 Å². The van der Waals surface area contributed by atoms with Crippen LogP contribution in [0, 0.1) is 5.92 Å². The summed E-state index contributed by atoms with van der Waals surface area (Å²) in [5.74, 6) is 0.0738. The Morgan fingerprint density at radius 3 is 2.55 bits per heavy atom. The first kappa shape index (κ1) is 20.4. The maximum absolute atomic E-state index is 13.0. The van der Waals surface area contributed by atoms with Crippen LogP contribution in [-0.2, 0) is 16.1 Å². The zero-order chi connectivity index (χ0) is 20.2. The van der Waals surface area contributed by atoms with E-state index in [1.165, 1.54) is 18.4 Å². The molecule has 3 aliphatic rings. The number of carboxylic acid groups (broad SMARTS) is 1. The molecular formula is C23H33N3O3. The standard InChI is InChI=1S/C23H33N3O3/c27-22(28)16-26(15-18-9-10-18)20-12-19(13-20)24-23(29)21-8-4-5-11-25(21)14-17-6-2-1-3-7-17/h1-3,6-7,18-21H,4-5,8-16H2,(H,24,29)(H,27,28). The third kappa shape index (κ3) is 5.58. The lowest BCUT2D eigenvalue weighted by molar-refractivity contribution is -0.140. The molecule has 2 N–H and O–H groups in total. The smallest absolute Gasteiger partial charge is 0.317 e. The van der Waals surface area contributed by atoms with Crippen molar-refractivity contribution in [1.82, 2.24) is 15.1 Å². The van der Waals surface area contributed by atoms with Gasteiger partial charge in [-0.25, -0.2) is 0 Å². The summed E-state index contributed by atoms with van der Waals surface area (Å²) in [6.07, 6.45) is 7.36. The number of rotatable bonds is 9. The molecule has 1 aromatic rings. The molecule has 1 saturated heterocycles. The Morgan fingerprint density at radius 2 is 1.86 bits per heavy atom. The van der Waals surface area contributed by atoms with Gasteiger partial charge in [-0.05, 0) is 56.6 Å². The van der Waals surface area contributed by atoms with E-state index in [9.17, 15) is 14.7 Å². The van der Waals surface area contributed by atoms with Crippen molar-refractivity contribution < 1.29 is 14.7 Å². The number of aliphatic carboxylic acids is 1. The monoisotopic (exact) mass is 399 g/mol. The average molecular weight is 400 g/mol. The summed E-state index contributed by atoms with van der Waals surface area (Å²) in [6.45, 7) is 2.80. The number of hydrogen-bond acceptors (Lipinski definition) is 4. The van der Waals surface area contributed by atoms with Gasteiger partial charge in [0.1, 0.15) is 0 Å². The molecule has 6 nitrogen and oxygen atoms in total. The molecule has 2 aliphatic carbocycles. The molecule has 1 unspecified atom stereocenters. The SMILES string of the molecule is O=C(O)CN(CC1CC1)C1CC(NC(=O)C2CCCCN2Cc2ccccc2)C1. The molecular weight excluding hydrogens is 366 g/mol. The first-order chi connectivity index (χ1) is 14.1. The van der Waals surface area contributed by atoms with Crippen molar-refractivity contribution in [2.75, 3.05) is 19.6 Å². The molecule has 29 heavy (non-hydrogen) atoms. The van der Waals surface area contributed by atoms with Crippen LogP contribution in [0.1, 0.15) is 50.5 Å². The number of carboxylic acids is 1. The fourth-order valence-electron chi connectivity index (χ4n) is 4.74. The number of hydrogen-bond donors (Lipinski definition) is 2. The van der Waals surface area contributed by atoms with Crippen molar-refractivity contribution in [2.24, 2.45) is 5.92 Å². The van der Waals surface area contributed by atoms with Crippen LogP contribution < -0.4 is 5.32 Å². The predicted molar refractivity (Wildman–Crippen MR) is 111 cm³/mol. The minimum atomic E-state index is -0.753. The third-order valence-corrected chi connectivity index (χ3v) is 6.65. The maximum atomic E-state index is 13.0. The van der Waals surface area contributed by atoms with E-state index in [1.54, 1.807) is 0 Å². The summed E-state index contributed by atoms with van der Waals surface area (Å²) in [6, 6.07) is 10.8. The second kappa shape index (κ2) is 9.26. The molecule has 6 heteroatoms. The average Bonchev–Trinajstić information content (AvgIpc) is 3.48. The summed E-state index contributed by atoms with van der Waals surface area (Å²) in [4.78, 5) is 28.6. The number of piperidine rings is 1. The van der Waals surface area contributed by atoms with Crippen molar-refractivity contribution in [3.05, 3.63) is 35.9 Å². The molecule has 1 aromatic carbocycles. The van der Waals surface area contributed by atoms with E-state index >= 15 is 0 Å². The van der Waals surface area contributed by atoms with Crippen LogP contribution in [0.25, 0.3) is 0 Å². The molecule has 4 rings (SSSR count). The van der Waals surface area contributed by atoms with Gasteiger partial charge >= 0.3 is 5.97 Å².